The van der Waals surface area contributed by atoms with Crippen LogP contribution in [0.15, 0.2) is 71.3 Å². The van der Waals surface area contributed by atoms with Crippen molar-refractivity contribution in [1.82, 2.24) is 5.32 Å². The molecule has 1 N–H and O–H groups in total. The number of hydrogen-bond donors (Lipinski definition) is 1. The fourth-order valence-corrected chi connectivity index (χ4v) is 3.07. The van der Waals surface area contributed by atoms with Gasteiger partial charge in [0, 0.05) is 12.0 Å². The molecular weight excluding hydrogens is 382 g/mol. The number of methoxy groups -OCH3 is 1. The number of amides is 1. The maximum Gasteiger partial charge on any atom is 0.220 e. The molecule has 1 unspecified atom stereocenters. The monoisotopic (exact) mass is 407 g/mol. The number of benzene rings is 2. The fraction of sp³-hybridized carbons (Fsp3) is 0.250. The van der Waals surface area contributed by atoms with E-state index in [4.69, 9.17) is 13.9 Å². The van der Waals surface area contributed by atoms with Gasteiger partial charge in [-0.2, -0.15) is 0 Å². The molecule has 0 fully saturated rings. The Morgan fingerprint density at radius 1 is 1.03 bits per heavy atom. The summed E-state index contributed by atoms with van der Waals surface area (Å²) in [5, 5.41) is 3.03. The van der Waals surface area contributed by atoms with Crippen LogP contribution < -0.4 is 14.8 Å². The summed E-state index contributed by atoms with van der Waals surface area (Å²) >= 11 is 0. The molecule has 3 aromatic rings. The van der Waals surface area contributed by atoms with E-state index in [0.717, 1.165) is 5.56 Å². The maximum absolute atomic E-state index is 12.5. The van der Waals surface area contributed by atoms with Crippen LogP contribution in [0, 0.1) is 0 Å². The number of ether oxygens (including phenoxy) is 2. The van der Waals surface area contributed by atoms with Crippen molar-refractivity contribution in [2.75, 3.05) is 13.7 Å². The maximum atomic E-state index is 12.5. The summed E-state index contributed by atoms with van der Waals surface area (Å²) in [6, 6.07) is 18.0. The van der Waals surface area contributed by atoms with Gasteiger partial charge < -0.3 is 19.2 Å². The molecule has 6 nitrogen and oxygen atoms in total. The highest BCUT2D eigenvalue weighted by atomic mass is 16.5. The van der Waals surface area contributed by atoms with Crippen molar-refractivity contribution in [2.45, 2.75) is 25.8 Å². The zero-order valence-corrected chi connectivity index (χ0v) is 17.1. The Labute approximate surface area is 175 Å². The summed E-state index contributed by atoms with van der Waals surface area (Å²) in [7, 11) is 1.53. The molecule has 0 bridgehead atoms. The van der Waals surface area contributed by atoms with Crippen LogP contribution in [0.1, 0.15) is 47.5 Å². The molecule has 30 heavy (non-hydrogen) atoms. The van der Waals surface area contributed by atoms with Crippen molar-refractivity contribution in [3.05, 3.63) is 83.8 Å². The Morgan fingerprint density at radius 3 is 2.50 bits per heavy atom. The number of rotatable bonds is 10. The molecule has 0 saturated carbocycles. The number of carbonyl (C=O) groups is 2. The first-order chi connectivity index (χ1) is 14.6. The molecule has 2 aromatic carbocycles. The van der Waals surface area contributed by atoms with Gasteiger partial charge in [0.05, 0.1) is 20.0 Å². The summed E-state index contributed by atoms with van der Waals surface area (Å²) in [6.07, 6.45) is 2.43. The van der Waals surface area contributed by atoms with Gasteiger partial charge in [-0.25, -0.2) is 0 Å². The van der Waals surface area contributed by atoms with Gasteiger partial charge in [-0.3, -0.25) is 9.59 Å². The second-order valence-corrected chi connectivity index (χ2v) is 6.80. The first-order valence-electron chi connectivity index (χ1n) is 9.78. The number of Topliss-reactive ketones (excluding diaryl/α,β-unsaturated/α-hetero) is 1. The quantitative estimate of drug-likeness (QED) is 0.394. The number of furan rings is 1. The summed E-state index contributed by atoms with van der Waals surface area (Å²) in [4.78, 5) is 24.0. The van der Waals surface area contributed by atoms with Gasteiger partial charge in [0.2, 0.25) is 5.91 Å². The molecule has 1 heterocycles. The molecule has 0 aliphatic carbocycles. The molecule has 1 amide bonds. The van der Waals surface area contributed by atoms with Crippen LogP contribution in [0.5, 0.6) is 11.5 Å². The van der Waals surface area contributed by atoms with E-state index >= 15 is 0 Å². The highest BCUT2D eigenvalue weighted by molar-refractivity contribution is 5.94. The Hall–Kier alpha value is -3.54. The number of ketones is 1. The van der Waals surface area contributed by atoms with Crippen LogP contribution in [-0.4, -0.2) is 25.4 Å². The average molecular weight is 407 g/mol. The zero-order chi connectivity index (χ0) is 21.3. The van der Waals surface area contributed by atoms with E-state index in [0.29, 0.717) is 42.3 Å². The summed E-state index contributed by atoms with van der Waals surface area (Å²) in [5.41, 5.74) is 1.51. The highest BCUT2D eigenvalue weighted by Gasteiger charge is 2.19. The molecular formula is C24H25NO5. The van der Waals surface area contributed by atoms with Crippen LogP contribution in [-0.2, 0) is 4.79 Å². The molecule has 0 aliphatic rings. The standard InChI is InChI=1S/C24H25NO5/c1-17(26)19-12-13-20(22(16-19)28-2)29-15-7-11-23(27)25-24(21-10-6-14-30-21)18-8-4-3-5-9-18/h3-6,8-10,12-14,16,24H,7,11,15H2,1-2H3,(H,25,27). The van der Waals surface area contributed by atoms with Crippen molar-refractivity contribution in [3.8, 4) is 11.5 Å². The minimum Gasteiger partial charge on any atom is -0.493 e. The molecule has 6 heteroatoms. The van der Waals surface area contributed by atoms with E-state index in [1.165, 1.54) is 14.0 Å². The molecule has 156 valence electrons. The van der Waals surface area contributed by atoms with Gasteiger partial charge in [0.25, 0.3) is 0 Å². The molecule has 0 aliphatic heterocycles. The van der Waals surface area contributed by atoms with Gasteiger partial charge >= 0.3 is 0 Å². The molecule has 0 radical (unpaired) electrons. The highest BCUT2D eigenvalue weighted by Crippen LogP contribution is 2.28. The molecule has 0 saturated heterocycles. The van der Waals surface area contributed by atoms with Gasteiger partial charge in [-0.1, -0.05) is 30.3 Å². The van der Waals surface area contributed by atoms with Crippen LogP contribution in [0.25, 0.3) is 0 Å². The van der Waals surface area contributed by atoms with Gasteiger partial charge in [0.15, 0.2) is 17.3 Å². The predicted octanol–water partition coefficient (Wildman–Crippen LogP) is 4.56. The predicted molar refractivity (Wildman–Crippen MR) is 113 cm³/mol. The van der Waals surface area contributed by atoms with Crippen molar-refractivity contribution in [1.29, 1.82) is 0 Å². The van der Waals surface area contributed by atoms with E-state index in [2.05, 4.69) is 5.32 Å². The van der Waals surface area contributed by atoms with Crippen LogP contribution >= 0.6 is 0 Å². The SMILES string of the molecule is COc1cc(C(C)=O)ccc1OCCCC(=O)NC(c1ccccc1)c1ccco1. The van der Waals surface area contributed by atoms with Gasteiger partial charge in [0.1, 0.15) is 11.8 Å². The second kappa shape index (κ2) is 10.3. The van der Waals surface area contributed by atoms with Crippen molar-refractivity contribution >= 4 is 11.7 Å². The van der Waals surface area contributed by atoms with Crippen LogP contribution in [0.4, 0.5) is 0 Å². The van der Waals surface area contributed by atoms with E-state index in [1.807, 2.05) is 36.4 Å². The average Bonchev–Trinajstić information content (AvgIpc) is 3.30. The number of hydrogen-bond acceptors (Lipinski definition) is 5. The lowest BCUT2D eigenvalue weighted by Crippen LogP contribution is -2.29. The molecule has 0 spiro atoms. The Balaban J connectivity index is 1.54. The third-order valence-corrected chi connectivity index (χ3v) is 4.64. The lowest BCUT2D eigenvalue weighted by molar-refractivity contribution is -0.121. The smallest absolute Gasteiger partial charge is 0.220 e. The lowest BCUT2D eigenvalue weighted by Gasteiger charge is -2.17. The largest absolute Gasteiger partial charge is 0.493 e. The third-order valence-electron chi connectivity index (χ3n) is 4.64. The number of nitrogens with one attached hydrogen (secondary N) is 1. The molecule has 3 rings (SSSR count). The fourth-order valence-electron chi connectivity index (χ4n) is 3.07. The van der Waals surface area contributed by atoms with E-state index in [9.17, 15) is 9.59 Å². The third kappa shape index (κ3) is 5.50. The zero-order valence-electron chi connectivity index (χ0n) is 17.1. The second-order valence-electron chi connectivity index (χ2n) is 6.80. The summed E-state index contributed by atoms with van der Waals surface area (Å²) in [6.45, 7) is 1.85. The van der Waals surface area contributed by atoms with Gasteiger partial charge in [-0.05, 0) is 49.2 Å². The first kappa shape index (κ1) is 21.2. The van der Waals surface area contributed by atoms with Crippen molar-refractivity contribution < 1.29 is 23.5 Å². The Morgan fingerprint density at radius 2 is 1.83 bits per heavy atom. The van der Waals surface area contributed by atoms with E-state index in [1.54, 1.807) is 30.5 Å². The van der Waals surface area contributed by atoms with Gasteiger partial charge in [-0.15, -0.1) is 0 Å². The number of carbonyl (C=O) groups excluding carboxylic acids is 2. The normalized spacial score (nSPS) is 11.5. The van der Waals surface area contributed by atoms with Crippen molar-refractivity contribution in [2.24, 2.45) is 0 Å². The van der Waals surface area contributed by atoms with Crippen molar-refractivity contribution in [3.63, 3.8) is 0 Å². The van der Waals surface area contributed by atoms with Crippen LogP contribution in [0.2, 0.25) is 0 Å². The minimum atomic E-state index is -0.339. The topological polar surface area (TPSA) is 77.8 Å². The molecule has 1 aromatic heterocycles. The lowest BCUT2D eigenvalue weighted by atomic mass is 10.0. The van der Waals surface area contributed by atoms with E-state index in [-0.39, 0.29) is 17.7 Å². The molecule has 1 atom stereocenters. The first-order valence-corrected chi connectivity index (χ1v) is 9.78. The van der Waals surface area contributed by atoms with Crippen LogP contribution in [0.3, 0.4) is 0 Å². The Bertz CT molecular complexity index is 967. The summed E-state index contributed by atoms with van der Waals surface area (Å²) < 4.78 is 16.5. The summed E-state index contributed by atoms with van der Waals surface area (Å²) in [5.74, 6) is 1.58. The Kier molecular flexibility index (Phi) is 7.27. The minimum absolute atomic E-state index is 0.0407. The van der Waals surface area contributed by atoms with E-state index < -0.39 is 0 Å².